The second kappa shape index (κ2) is 10.9. The van der Waals surface area contributed by atoms with Gasteiger partial charge in [0.2, 0.25) is 5.91 Å². The van der Waals surface area contributed by atoms with Crippen LogP contribution in [0.25, 0.3) is 10.9 Å². The Labute approximate surface area is 202 Å². The van der Waals surface area contributed by atoms with Crippen molar-refractivity contribution in [1.29, 1.82) is 0 Å². The first-order valence-electron chi connectivity index (χ1n) is 11.0. The van der Waals surface area contributed by atoms with Crippen LogP contribution in [0.1, 0.15) is 20.8 Å². The zero-order chi connectivity index (χ0) is 23.9. The van der Waals surface area contributed by atoms with Crippen LogP contribution in [0.5, 0.6) is 5.75 Å². The van der Waals surface area contributed by atoms with E-state index in [1.165, 1.54) is 11.3 Å². The zero-order valence-electron chi connectivity index (χ0n) is 19.0. The third kappa shape index (κ3) is 5.55. The molecule has 2 aromatic heterocycles. The number of hydrogen-bond acceptors (Lipinski definition) is 4. The predicted octanol–water partition coefficient (Wildman–Crippen LogP) is 4.79. The fourth-order valence-corrected chi connectivity index (χ4v) is 4.45. The molecule has 0 radical (unpaired) electrons. The quantitative estimate of drug-likeness (QED) is 0.325. The lowest BCUT2D eigenvalue weighted by atomic mass is 10.0. The number of benzene rings is 2. The lowest BCUT2D eigenvalue weighted by molar-refractivity contribution is -0.132. The second-order valence-corrected chi connectivity index (χ2v) is 8.95. The molecule has 2 aromatic carbocycles. The monoisotopic (exact) mass is 473 g/mol. The Morgan fingerprint density at radius 2 is 1.94 bits per heavy atom. The molecule has 0 saturated heterocycles. The number of thiophene rings is 1. The summed E-state index contributed by atoms with van der Waals surface area (Å²) in [5.74, 6) is 0.352. The molecule has 2 amide bonds. The van der Waals surface area contributed by atoms with Crippen molar-refractivity contribution in [2.75, 3.05) is 13.7 Å². The van der Waals surface area contributed by atoms with Gasteiger partial charge in [0.15, 0.2) is 0 Å². The number of aromatic amines is 1. The molecule has 0 aliphatic carbocycles. The van der Waals surface area contributed by atoms with Crippen molar-refractivity contribution in [3.63, 3.8) is 0 Å². The van der Waals surface area contributed by atoms with Crippen LogP contribution < -0.4 is 10.1 Å². The summed E-state index contributed by atoms with van der Waals surface area (Å²) >= 11 is 1.35. The molecule has 0 bridgehead atoms. The Bertz CT molecular complexity index is 1260. The molecule has 0 fully saturated rings. The van der Waals surface area contributed by atoms with Gasteiger partial charge in [-0.15, -0.1) is 11.3 Å². The largest absolute Gasteiger partial charge is 0.490 e. The molecule has 0 saturated carbocycles. The highest BCUT2D eigenvalue weighted by molar-refractivity contribution is 7.12. The van der Waals surface area contributed by atoms with E-state index in [4.69, 9.17) is 4.74 Å². The van der Waals surface area contributed by atoms with Crippen LogP contribution in [0.3, 0.4) is 0 Å². The summed E-state index contributed by atoms with van der Waals surface area (Å²) in [6, 6.07) is 18.4. The SMILES string of the molecule is C=CCOc1ccc(CN(C)C(=O)[C@H](Cc2c[nH]c3ccccc23)NC(=O)c2cccs2)cc1. The maximum absolute atomic E-state index is 13.5. The minimum absolute atomic E-state index is 0.151. The number of aromatic nitrogens is 1. The Hall–Kier alpha value is -3.84. The molecule has 2 heterocycles. The Morgan fingerprint density at radius 1 is 1.15 bits per heavy atom. The van der Waals surface area contributed by atoms with E-state index in [0.29, 0.717) is 24.4 Å². The molecule has 4 aromatic rings. The van der Waals surface area contributed by atoms with E-state index in [1.54, 1.807) is 24.1 Å². The van der Waals surface area contributed by atoms with E-state index in [0.717, 1.165) is 27.8 Å². The fourth-order valence-electron chi connectivity index (χ4n) is 3.82. The first-order chi connectivity index (χ1) is 16.5. The predicted molar refractivity (Wildman–Crippen MR) is 136 cm³/mol. The van der Waals surface area contributed by atoms with E-state index in [9.17, 15) is 9.59 Å². The standard InChI is InChI=1S/C27H27N3O3S/c1-3-14-33-21-12-10-19(11-13-21)18-30(2)27(32)24(29-26(31)25-9-6-15-34-25)16-20-17-28-23-8-5-4-7-22(20)23/h3-13,15,17,24,28H,1,14,16,18H2,2H3,(H,29,31)/t24-/m0/s1. The molecule has 6 nitrogen and oxygen atoms in total. The van der Waals surface area contributed by atoms with Crippen LogP contribution in [0.4, 0.5) is 0 Å². The first-order valence-corrected chi connectivity index (χ1v) is 11.9. The summed E-state index contributed by atoms with van der Waals surface area (Å²) in [6.07, 6.45) is 3.99. The number of rotatable bonds is 10. The molecule has 0 spiro atoms. The second-order valence-electron chi connectivity index (χ2n) is 8.00. The number of ether oxygens (including phenoxy) is 1. The van der Waals surface area contributed by atoms with Gasteiger partial charge in [0, 0.05) is 37.1 Å². The van der Waals surface area contributed by atoms with Gasteiger partial charge in [0.05, 0.1) is 4.88 Å². The Morgan fingerprint density at radius 3 is 2.68 bits per heavy atom. The maximum atomic E-state index is 13.5. The van der Waals surface area contributed by atoms with Crippen LogP contribution in [-0.2, 0) is 17.8 Å². The van der Waals surface area contributed by atoms with Gasteiger partial charge in [0.25, 0.3) is 5.91 Å². The molecule has 0 aliphatic rings. The number of hydrogen-bond donors (Lipinski definition) is 2. The van der Waals surface area contributed by atoms with Gasteiger partial charge >= 0.3 is 0 Å². The number of nitrogens with zero attached hydrogens (tertiary/aromatic N) is 1. The van der Waals surface area contributed by atoms with E-state index < -0.39 is 6.04 Å². The van der Waals surface area contributed by atoms with E-state index in [1.807, 2.05) is 66.2 Å². The van der Waals surface area contributed by atoms with Crippen LogP contribution in [0, 0.1) is 0 Å². The van der Waals surface area contributed by atoms with Crippen LogP contribution in [0.15, 0.2) is 84.9 Å². The summed E-state index contributed by atoms with van der Waals surface area (Å²) in [6.45, 7) is 4.51. The number of carbonyl (C=O) groups is 2. The van der Waals surface area contributed by atoms with Gasteiger partial charge in [-0.05, 0) is 40.8 Å². The van der Waals surface area contributed by atoms with Crippen molar-refractivity contribution in [1.82, 2.24) is 15.2 Å². The van der Waals surface area contributed by atoms with Gasteiger partial charge in [-0.3, -0.25) is 9.59 Å². The van der Waals surface area contributed by atoms with Crippen LogP contribution >= 0.6 is 11.3 Å². The highest BCUT2D eigenvalue weighted by Gasteiger charge is 2.26. The molecular weight excluding hydrogens is 446 g/mol. The van der Waals surface area contributed by atoms with Gasteiger partial charge < -0.3 is 19.9 Å². The lowest BCUT2D eigenvalue weighted by Crippen LogP contribution is -2.48. The topological polar surface area (TPSA) is 74.4 Å². The van der Waals surface area contributed by atoms with E-state index >= 15 is 0 Å². The normalized spacial score (nSPS) is 11.7. The maximum Gasteiger partial charge on any atom is 0.262 e. The number of likely N-dealkylation sites (N-methyl/N-ethyl adjacent to an activating group) is 1. The number of fused-ring (bicyclic) bond motifs is 1. The summed E-state index contributed by atoms with van der Waals surface area (Å²) in [4.78, 5) is 31.8. The van der Waals surface area contributed by atoms with E-state index in [-0.39, 0.29) is 11.8 Å². The molecule has 34 heavy (non-hydrogen) atoms. The Kier molecular flexibility index (Phi) is 7.44. The van der Waals surface area contributed by atoms with Crippen LogP contribution in [0.2, 0.25) is 0 Å². The number of para-hydroxylation sites is 1. The molecule has 1 atom stereocenters. The van der Waals surface area contributed by atoms with Crippen molar-refractivity contribution < 1.29 is 14.3 Å². The summed E-state index contributed by atoms with van der Waals surface area (Å²) in [5, 5.41) is 5.85. The van der Waals surface area contributed by atoms with Crippen molar-refractivity contribution in [3.05, 3.63) is 101 Å². The van der Waals surface area contributed by atoms with Crippen molar-refractivity contribution in [2.24, 2.45) is 0 Å². The zero-order valence-corrected chi connectivity index (χ0v) is 19.8. The molecule has 7 heteroatoms. The highest BCUT2D eigenvalue weighted by atomic mass is 32.1. The van der Waals surface area contributed by atoms with Crippen molar-refractivity contribution >= 4 is 34.1 Å². The fraction of sp³-hybridized carbons (Fsp3) is 0.185. The van der Waals surface area contributed by atoms with Crippen molar-refractivity contribution in [3.8, 4) is 5.75 Å². The smallest absolute Gasteiger partial charge is 0.262 e. The average molecular weight is 474 g/mol. The van der Waals surface area contributed by atoms with Crippen molar-refractivity contribution in [2.45, 2.75) is 19.0 Å². The summed E-state index contributed by atoms with van der Waals surface area (Å²) in [7, 11) is 1.75. The number of carbonyl (C=O) groups excluding carboxylic acids is 2. The van der Waals surface area contributed by atoms with Crippen LogP contribution in [-0.4, -0.2) is 41.4 Å². The Balaban J connectivity index is 1.51. The van der Waals surface area contributed by atoms with E-state index in [2.05, 4.69) is 16.9 Å². The average Bonchev–Trinajstić information content (AvgIpc) is 3.53. The molecule has 4 rings (SSSR count). The molecule has 0 aliphatic heterocycles. The summed E-state index contributed by atoms with van der Waals surface area (Å²) in [5.41, 5.74) is 2.95. The highest BCUT2D eigenvalue weighted by Crippen LogP contribution is 2.21. The molecule has 174 valence electrons. The molecule has 0 unspecified atom stereocenters. The van der Waals surface area contributed by atoms with Gasteiger partial charge in [-0.1, -0.05) is 49.1 Å². The minimum atomic E-state index is -0.700. The summed E-state index contributed by atoms with van der Waals surface area (Å²) < 4.78 is 5.53. The van der Waals surface area contributed by atoms with Gasteiger partial charge in [-0.25, -0.2) is 0 Å². The number of H-pyrrole nitrogens is 1. The number of amides is 2. The minimum Gasteiger partial charge on any atom is -0.490 e. The third-order valence-electron chi connectivity index (χ3n) is 5.53. The third-order valence-corrected chi connectivity index (χ3v) is 6.40. The first kappa shape index (κ1) is 23.3. The lowest BCUT2D eigenvalue weighted by Gasteiger charge is -2.25. The van der Waals surface area contributed by atoms with Gasteiger partial charge in [-0.2, -0.15) is 0 Å². The van der Waals surface area contributed by atoms with Gasteiger partial charge in [0.1, 0.15) is 18.4 Å². The number of nitrogens with one attached hydrogen (secondary N) is 2. The molecular formula is C27H27N3O3S. The molecule has 2 N–H and O–H groups in total.